The zero-order valence-electron chi connectivity index (χ0n) is 7.79. The summed E-state index contributed by atoms with van der Waals surface area (Å²) in [5.74, 6) is 0.691. The third-order valence-electron chi connectivity index (χ3n) is 2.27. The number of Topliss-reactive ketones (excluding diaryl/α,β-unsaturated/α-hetero) is 1. The van der Waals surface area contributed by atoms with E-state index in [0.717, 1.165) is 0 Å². The minimum atomic E-state index is -0.315. The predicted octanol–water partition coefficient (Wildman–Crippen LogP) is 1.62. The van der Waals surface area contributed by atoms with Crippen molar-refractivity contribution in [2.75, 3.05) is 0 Å². The van der Waals surface area contributed by atoms with Gasteiger partial charge in [0, 0.05) is 6.42 Å². The van der Waals surface area contributed by atoms with E-state index in [4.69, 9.17) is 0 Å². The van der Waals surface area contributed by atoms with E-state index in [2.05, 4.69) is 0 Å². The van der Waals surface area contributed by atoms with Gasteiger partial charge in [-0.05, 0) is 25.7 Å². The second-order valence-electron chi connectivity index (χ2n) is 3.48. The van der Waals surface area contributed by atoms with Crippen molar-refractivity contribution in [2.45, 2.75) is 40.2 Å². The summed E-state index contributed by atoms with van der Waals surface area (Å²) in [6.07, 6.45) is 0.260. The molecular weight excluding hydrogens is 140 g/mol. The second kappa shape index (κ2) is 4.50. The molecule has 0 heterocycles. The summed E-state index contributed by atoms with van der Waals surface area (Å²) in [5, 5.41) is 9.19. The average molecular weight is 158 g/mol. The number of ketones is 1. The molecule has 2 heteroatoms. The SMILES string of the molecule is CC(=O)CC(C)C(C)C(C)O. The van der Waals surface area contributed by atoms with Crippen LogP contribution in [-0.2, 0) is 4.79 Å². The summed E-state index contributed by atoms with van der Waals surface area (Å²) >= 11 is 0. The number of hydrogen-bond acceptors (Lipinski definition) is 2. The molecule has 0 radical (unpaired) electrons. The van der Waals surface area contributed by atoms with E-state index >= 15 is 0 Å². The van der Waals surface area contributed by atoms with Crippen LogP contribution in [0.2, 0.25) is 0 Å². The number of aliphatic hydroxyl groups excluding tert-OH is 1. The Balaban J connectivity index is 3.82. The van der Waals surface area contributed by atoms with Crippen LogP contribution in [0, 0.1) is 11.8 Å². The molecule has 11 heavy (non-hydrogen) atoms. The maximum Gasteiger partial charge on any atom is 0.130 e. The lowest BCUT2D eigenvalue weighted by atomic mass is 9.88. The Bertz CT molecular complexity index is 130. The van der Waals surface area contributed by atoms with Crippen molar-refractivity contribution in [3.63, 3.8) is 0 Å². The topological polar surface area (TPSA) is 37.3 Å². The number of carbonyl (C=O) groups is 1. The fraction of sp³-hybridized carbons (Fsp3) is 0.889. The molecule has 2 nitrogen and oxygen atoms in total. The Morgan fingerprint density at radius 2 is 1.82 bits per heavy atom. The van der Waals surface area contributed by atoms with E-state index in [-0.39, 0.29) is 23.7 Å². The van der Waals surface area contributed by atoms with Gasteiger partial charge in [0.15, 0.2) is 0 Å². The predicted molar refractivity (Wildman–Crippen MR) is 45.3 cm³/mol. The number of hydrogen-bond donors (Lipinski definition) is 1. The highest BCUT2D eigenvalue weighted by Gasteiger charge is 2.17. The van der Waals surface area contributed by atoms with Crippen molar-refractivity contribution in [3.8, 4) is 0 Å². The zero-order chi connectivity index (χ0) is 9.02. The fourth-order valence-corrected chi connectivity index (χ4v) is 1.11. The summed E-state index contributed by atoms with van der Waals surface area (Å²) < 4.78 is 0. The van der Waals surface area contributed by atoms with E-state index in [0.29, 0.717) is 6.42 Å². The van der Waals surface area contributed by atoms with Gasteiger partial charge in [0.05, 0.1) is 6.10 Å². The van der Waals surface area contributed by atoms with E-state index in [1.165, 1.54) is 0 Å². The average Bonchev–Trinajstić information content (AvgIpc) is 1.84. The molecule has 0 fully saturated rings. The van der Waals surface area contributed by atoms with Gasteiger partial charge in [-0.3, -0.25) is 0 Å². The van der Waals surface area contributed by atoms with Crippen LogP contribution in [0.15, 0.2) is 0 Å². The first-order valence-corrected chi connectivity index (χ1v) is 4.12. The number of aliphatic hydroxyl groups is 1. The Morgan fingerprint density at radius 3 is 2.09 bits per heavy atom. The molecule has 0 aromatic heterocycles. The van der Waals surface area contributed by atoms with Crippen molar-refractivity contribution in [1.82, 2.24) is 0 Å². The molecule has 3 unspecified atom stereocenters. The minimum Gasteiger partial charge on any atom is -0.393 e. The van der Waals surface area contributed by atoms with Crippen LogP contribution in [0.4, 0.5) is 0 Å². The molecule has 0 bridgehead atoms. The third-order valence-corrected chi connectivity index (χ3v) is 2.27. The maximum absolute atomic E-state index is 10.7. The highest BCUT2D eigenvalue weighted by Crippen LogP contribution is 2.18. The molecule has 0 amide bonds. The van der Waals surface area contributed by atoms with Crippen molar-refractivity contribution in [1.29, 1.82) is 0 Å². The first-order valence-electron chi connectivity index (χ1n) is 4.12. The molecule has 0 aromatic carbocycles. The normalized spacial score (nSPS) is 19.0. The summed E-state index contributed by atoms with van der Waals surface area (Å²) in [7, 11) is 0. The zero-order valence-corrected chi connectivity index (χ0v) is 7.79. The van der Waals surface area contributed by atoms with Crippen LogP contribution in [0.25, 0.3) is 0 Å². The van der Waals surface area contributed by atoms with Gasteiger partial charge < -0.3 is 9.90 Å². The molecular formula is C9H18O2. The molecule has 0 aliphatic heterocycles. The van der Waals surface area contributed by atoms with Gasteiger partial charge in [0.1, 0.15) is 5.78 Å². The molecule has 0 aromatic rings. The first-order chi connectivity index (χ1) is 4.95. The van der Waals surface area contributed by atoms with Crippen LogP contribution in [-0.4, -0.2) is 17.0 Å². The molecule has 66 valence electrons. The molecule has 0 spiro atoms. The second-order valence-corrected chi connectivity index (χ2v) is 3.48. The minimum absolute atomic E-state index is 0.199. The molecule has 0 rings (SSSR count). The van der Waals surface area contributed by atoms with Crippen LogP contribution in [0.5, 0.6) is 0 Å². The molecule has 0 saturated carbocycles. The molecule has 1 N–H and O–H groups in total. The largest absolute Gasteiger partial charge is 0.393 e. The van der Waals surface area contributed by atoms with Gasteiger partial charge in [-0.15, -0.1) is 0 Å². The van der Waals surface area contributed by atoms with E-state index in [9.17, 15) is 9.90 Å². The Kier molecular flexibility index (Phi) is 4.34. The standard InChI is InChI=1S/C9H18O2/c1-6(5-7(2)10)8(3)9(4)11/h6,8-9,11H,5H2,1-4H3. The summed E-state index contributed by atoms with van der Waals surface area (Å²) in [6, 6.07) is 0. The van der Waals surface area contributed by atoms with Gasteiger partial charge in [0.2, 0.25) is 0 Å². The highest BCUT2D eigenvalue weighted by molar-refractivity contribution is 5.75. The van der Waals surface area contributed by atoms with Gasteiger partial charge in [-0.25, -0.2) is 0 Å². The van der Waals surface area contributed by atoms with Crippen molar-refractivity contribution < 1.29 is 9.90 Å². The quantitative estimate of drug-likeness (QED) is 0.675. The molecule has 3 atom stereocenters. The summed E-state index contributed by atoms with van der Waals surface area (Å²) in [5.41, 5.74) is 0. The smallest absolute Gasteiger partial charge is 0.130 e. The summed E-state index contributed by atoms with van der Waals surface area (Å²) in [6.45, 7) is 7.32. The highest BCUT2D eigenvalue weighted by atomic mass is 16.3. The van der Waals surface area contributed by atoms with Crippen molar-refractivity contribution >= 4 is 5.78 Å². The Hall–Kier alpha value is -0.370. The van der Waals surface area contributed by atoms with Gasteiger partial charge in [-0.1, -0.05) is 13.8 Å². The lowest BCUT2D eigenvalue weighted by molar-refractivity contribution is -0.118. The van der Waals surface area contributed by atoms with Gasteiger partial charge >= 0.3 is 0 Å². The van der Waals surface area contributed by atoms with Gasteiger partial charge in [-0.2, -0.15) is 0 Å². The van der Waals surface area contributed by atoms with Gasteiger partial charge in [0.25, 0.3) is 0 Å². The Morgan fingerprint density at radius 1 is 1.36 bits per heavy atom. The van der Waals surface area contributed by atoms with Crippen LogP contribution in [0.1, 0.15) is 34.1 Å². The van der Waals surface area contributed by atoms with Crippen LogP contribution >= 0.6 is 0 Å². The first kappa shape index (κ1) is 10.6. The third kappa shape index (κ3) is 4.14. The van der Waals surface area contributed by atoms with Crippen molar-refractivity contribution in [3.05, 3.63) is 0 Å². The molecule has 0 aliphatic rings. The molecule has 0 saturated heterocycles. The van der Waals surface area contributed by atoms with E-state index in [1.54, 1.807) is 13.8 Å². The number of rotatable bonds is 4. The lowest BCUT2D eigenvalue weighted by Gasteiger charge is -2.21. The van der Waals surface area contributed by atoms with E-state index in [1.807, 2.05) is 13.8 Å². The maximum atomic E-state index is 10.7. The molecule has 0 aliphatic carbocycles. The summed E-state index contributed by atoms with van der Waals surface area (Å²) in [4.78, 5) is 10.7. The Labute approximate surface area is 68.6 Å². The monoisotopic (exact) mass is 158 g/mol. The van der Waals surface area contributed by atoms with Crippen LogP contribution < -0.4 is 0 Å². The van der Waals surface area contributed by atoms with Crippen molar-refractivity contribution in [2.24, 2.45) is 11.8 Å². The lowest BCUT2D eigenvalue weighted by Crippen LogP contribution is -2.22. The van der Waals surface area contributed by atoms with Crippen LogP contribution in [0.3, 0.4) is 0 Å². The van der Waals surface area contributed by atoms with E-state index < -0.39 is 0 Å². The fourth-order valence-electron chi connectivity index (χ4n) is 1.11. The number of carbonyl (C=O) groups excluding carboxylic acids is 1.